The summed E-state index contributed by atoms with van der Waals surface area (Å²) in [5, 5.41) is 73.2. The number of hydrogen-bond acceptors (Lipinski definition) is 10. The summed E-state index contributed by atoms with van der Waals surface area (Å²) in [4.78, 5) is 0. The Hall–Kier alpha value is 1.34. The van der Waals surface area contributed by atoms with Gasteiger partial charge in [-0.15, -0.1) is 0 Å². The second-order valence-electron chi connectivity index (χ2n) is 3.72. The fourth-order valence-corrected chi connectivity index (χ4v) is 0. The Labute approximate surface area is 366 Å². The SMILES string of the molecule is CC#N.CC#N.CC#N.CC#N.CC#N.CC#N.CC#N.CC#N.CC#N.CC#N.[Cl][Al-]([Cl])([Cl])[Cl].[Cl][Al-]([Cl])([Cl])[Cl].[Cl][Al-]([Cl])([Cl])[Cl].[Pr+3]. The zero-order chi connectivity index (χ0) is 40.6. The van der Waals surface area contributed by atoms with E-state index < -0.39 is 28.2 Å². The molecule has 0 aliphatic rings. The molecule has 10 nitrogen and oxygen atoms in total. The van der Waals surface area contributed by atoms with Crippen LogP contribution in [0.1, 0.15) is 69.2 Å². The van der Waals surface area contributed by atoms with Crippen LogP contribution in [0.3, 0.4) is 0 Å². The minimum absolute atomic E-state index is 0. The normalized spacial score (nSPS) is 5.65. The van der Waals surface area contributed by atoms with Crippen LogP contribution < -0.4 is 0 Å². The predicted molar refractivity (Wildman–Crippen MR) is 200 cm³/mol. The molecule has 0 rings (SSSR count). The Bertz CT molecular complexity index is 698. The molecule has 46 heavy (non-hydrogen) atoms. The smallest absolute Gasteiger partial charge is 0.391 e. The molecule has 0 spiro atoms. The van der Waals surface area contributed by atoms with Crippen LogP contribution in [-0.4, -0.2) is 28.2 Å². The van der Waals surface area contributed by atoms with Crippen molar-refractivity contribution in [3.63, 3.8) is 0 Å². The maximum atomic E-state index is 7.32. The van der Waals surface area contributed by atoms with E-state index in [1.165, 1.54) is 69.2 Å². The minimum atomic E-state index is -2.94. The van der Waals surface area contributed by atoms with E-state index in [0.29, 0.717) is 0 Å². The number of rotatable bonds is 0. The van der Waals surface area contributed by atoms with Gasteiger partial charge in [0.1, 0.15) is 0 Å². The molecular formula is C20H30Al3Cl12N10Pr. The Morgan fingerprint density at radius 3 is 0.239 bits per heavy atom. The van der Waals surface area contributed by atoms with Gasteiger partial charge in [-0.3, -0.25) is 0 Å². The van der Waals surface area contributed by atoms with E-state index >= 15 is 0 Å². The van der Waals surface area contributed by atoms with E-state index in [1.807, 2.05) is 0 Å². The molecule has 0 aliphatic heterocycles. The molecule has 0 aromatic heterocycles. The maximum Gasteiger partial charge on any atom is 3.00 e. The first-order valence-corrected chi connectivity index (χ1v) is 30.8. The first-order valence-electron chi connectivity index (χ1n) is 9.85. The van der Waals surface area contributed by atoms with Crippen molar-refractivity contribution < 1.29 is 41.3 Å². The van der Waals surface area contributed by atoms with Crippen LogP contribution in [0.15, 0.2) is 0 Å². The van der Waals surface area contributed by atoms with Crippen molar-refractivity contribution in [2.75, 3.05) is 0 Å². The molecule has 0 N–H and O–H groups in total. The molecular weight excluding hydrogens is 1030 g/mol. The molecule has 0 radical (unpaired) electrons. The second kappa shape index (κ2) is 111. The first kappa shape index (κ1) is 91.5. The van der Waals surface area contributed by atoms with Gasteiger partial charge in [-0.05, 0) is 0 Å². The van der Waals surface area contributed by atoms with E-state index in [-0.39, 0.29) is 41.3 Å². The third-order valence-corrected chi connectivity index (χ3v) is 0. The molecule has 0 aromatic rings. The summed E-state index contributed by atoms with van der Waals surface area (Å²) < 4.78 is 0. The standard InChI is InChI=1S/10C2H3N.3Al.12ClH.Pr/c10*1-2-3;;;;;;;;;;;;;;;;/h10*1H3;;;;12*1H;/q;;;;;;;;;;3*+3;;;;;;;;;;;;;+3/p-12. The maximum absolute atomic E-state index is 7.32. The predicted octanol–water partition coefficient (Wildman–Crippen LogP) is 12.4. The number of hydrogen-bond donors (Lipinski definition) is 0. The van der Waals surface area contributed by atoms with E-state index in [4.69, 9.17) is 173 Å². The van der Waals surface area contributed by atoms with Gasteiger partial charge in [0, 0.05) is 69.2 Å². The summed E-state index contributed by atoms with van der Waals surface area (Å²) in [6.45, 7) is 14.3. The zero-order valence-electron chi connectivity index (χ0n) is 26.3. The summed E-state index contributed by atoms with van der Waals surface area (Å²) in [5.74, 6) is 0. The molecule has 0 saturated carbocycles. The van der Waals surface area contributed by atoms with Crippen LogP contribution in [0.4, 0.5) is 0 Å². The molecule has 0 atom stereocenters. The monoisotopic (exact) mass is 1050 g/mol. The third kappa shape index (κ3) is 49600. The van der Waals surface area contributed by atoms with Crippen LogP contribution in [0.2, 0.25) is 0 Å². The summed E-state index contributed by atoms with van der Waals surface area (Å²) in [6.07, 6.45) is 0. The van der Waals surface area contributed by atoms with E-state index in [2.05, 4.69) is 0 Å². The molecule has 0 heterocycles. The summed E-state index contributed by atoms with van der Waals surface area (Å²) >= 11 is 0. The van der Waals surface area contributed by atoms with Gasteiger partial charge in [-0.1, -0.05) is 0 Å². The van der Waals surface area contributed by atoms with Crippen molar-refractivity contribution in [3.8, 4) is 60.7 Å². The fraction of sp³-hybridized carbons (Fsp3) is 0.500. The van der Waals surface area contributed by atoms with Gasteiger partial charge in [0.05, 0.1) is 60.7 Å². The average Bonchev–Trinajstić information content (AvgIpc) is 2.75. The molecule has 0 amide bonds. The van der Waals surface area contributed by atoms with E-state index in [0.717, 1.165) is 0 Å². The topological polar surface area (TPSA) is 238 Å². The van der Waals surface area contributed by atoms with Gasteiger partial charge < -0.3 is 121 Å². The average molecular weight is 1060 g/mol. The van der Waals surface area contributed by atoms with Crippen molar-refractivity contribution >= 4 is 149 Å². The largest absolute Gasteiger partial charge is 3.00 e. The van der Waals surface area contributed by atoms with Crippen LogP contribution in [0.5, 0.6) is 0 Å². The van der Waals surface area contributed by atoms with Gasteiger partial charge in [0.15, 0.2) is 0 Å². The Balaban J connectivity index is -0.0000000202. The fourth-order valence-electron chi connectivity index (χ4n) is 0. The van der Waals surface area contributed by atoms with Gasteiger partial charge in [0.25, 0.3) is 0 Å². The van der Waals surface area contributed by atoms with Crippen LogP contribution in [0, 0.1) is 155 Å². The van der Waals surface area contributed by atoms with Crippen LogP contribution in [-0.2, 0) is 0 Å². The first-order chi connectivity index (χ1) is 20.1. The minimum Gasteiger partial charge on any atom is -0.391 e. The molecule has 0 bridgehead atoms. The van der Waals surface area contributed by atoms with Crippen LogP contribution in [0.25, 0.3) is 0 Å². The Kier molecular flexibility index (Phi) is 220. The molecule has 26 heteroatoms. The quantitative estimate of drug-likeness (QED) is 0.208. The van der Waals surface area contributed by atoms with Gasteiger partial charge >= 0.3 is 69.5 Å². The summed E-state index contributed by atoms with van der Waals surface area (Å²) in [5.41, 5.74) is 0. The van der Waals surface area contributed by atoms with E-state index in [9.17, 15) is 0 Å². The number of nitrogens with zero attached hydrogens (tertiary/aromatic N) is 10. The van der Waals surface area contributed by atoms with Gasteiger partial charge in [0.2, 0.25) is 0 Å². The summed E-state index contributed by atoms with van der Waals surface area (Å²) in [6, 6.07) is 17.5. The Morgan fingerprint density at radius 1 is 0.239 bits per heavy atom. The molecule has 0 aromatic carbocycles. The van der Waals surface area contributed by atoms with Crippen molar-refractivity contribution in [2.24, 2.45) is 0 Å². The van der Waals surface area contributed by atoms with Crippen molar-refractivity contribution in [1.29, 1.82) is 52.6 Å². The molecule has 0 saturated heterocycles. The van der Waals surface area contributed by atoms with Crippen molar-refractivity contribution in [1.82, 2.24) is 0 Å². The van der Waals surface area contributed by atoms with Crippen molar-refractivity contribution in [2.45, 2.75) is 69.2 Å². The molecule has 0 unspecified atom stereocenters. The van der Waals surface area contributed by atoms with Crippen molar-refractivity contribution in [3.05, 3.63) is 0 Å². The number of nitriles is 10. The number of halogens is 12. The van der Waals surface area contributed by atoms with Gasteiger partial charge in [-0.25, -0.2) is 0 Å². The summed E-state index contributed by atoms with van der Waals surface area (Å²) in [7, 11) is 51.1. The second-order valence-corrected chi connectivity index (χ2v) is 42.3. The Morgan fingerprint density at radius 2 is 0.239 bits per heavy atom. The van der Waals surface area contributed by atoms with Crippen LogP contribution >= 0.6 is 121 Å². The third-order valence-electron chi connectivity index (χ3n) is 0. The molecule has 256 valence electrons. The van der Waals surface area contributed by atoms with Gasteiger partial charge in [-0.2, -0.15) is 52.6 Å². The molecule has 0 fully saturated rings. The van der Waals surface area contributed by atoms with E-state index in [1.54, 1.807) is 60.7 Å². The zero-order valence-corrected chi connectivity index (χ0v) is 42.6. The molecule has 0 aliphatic carbocycles.